The highest BCUT2D eigenvalue weighted by atomic mass is 35.5. The Kier molecular flexibility index (Phi) is 4.48. The third-order valence-corrected chi connectivity index (χ3v) is 4.63. The Bertz CT molecular complexity index is 1050. The zero-order chi connectivity index (χ0) is 19.8. The van der Waals surface area contributed by atoms with Crippen molar-refractivity contribution < 1.29 is 19.2 Å². The fourth-order valence-corrected chi connectivity index (χ4v) is 3.18. The lowest BCUT2D eigenvalue weighted by molar-refractivity contribution is -0.384. The number of alkyl halides is 1. The monoisotopic (exact) mass is 399 g/mol. The number of non-ortho nitro benzene ring substituents is 1. The van der Waals surface area contributed by atoms with Crippen LogP contribution in [0, 0.1) is 10.1 Å². The number of hydrogen-bond donors (Lipinski definition) is 0. The number of hydrogen-bond acceptors (Lipinski definition) is 6. The molecule has 0 fully saturated rings. The van der Waals surface area contributed by atoms with Gasteiger partial charge in [-0.1, -0.05) is 0 Å². The first-order valence-corrected chi connectivity index (χ1v) is 8.86. The molecule has 142 valence electrons. The van der Waals surface area contributed by atoms with E-state index in [1.54, 1.807) is 25.1 Å². The van der Waals surface area contributed by atoms with Gasteiger partial charge < -0.3 is 9.47 Å². The molecule has 0 atom stereocenters. The van der Waals surface area contributed by atoms with Crippen LogP contribution in [0.4, 0.5) is 5.69 Å². The highest BCUT2D eigenvalue weighted by Crippen LogP contribution is 2.38. The first-order valence-electron chi connectivity index (χ1n) is 8.32. The Labute approximate surface area is 164 Å². The number of amides is 1. The molecule has 2 heterocycles. The number of fused-ring (bicyclic) bond motifs is 2. The van der Waals surface area contributed by atoms with Gasteiger partial charge >= 0.3 is 0 Å². The van der Waals surface area contributed by atoms with Gasteiger partial charge in [0.05, 0.1) is 10.6 Å². The highest BCUT2D eigenvalue weighted by Gasteiger charge is 2.25. The van der Waals surface area contributed by atoms with Gasteiger partial charge in [-0.15, -0.1) is 11.6 Å². The van der Waals surface area contributed by atoms with Gasteiger partial charge in [0.2, 0.25) is 6.79 Å². The number of allylic oxidation sites excluding steroid dienone is 1. The van der Waals surface area contributed by atoms with Crippen LogP contribution in [-0.2, 0) is 4.79 Å². The first kappa shape index (κ1) is 18.0. The molecule has 8 nitrogen and oxygen atoms in total. The molecule has 9 heteroatoms. The second kappa shape index (κ2) is 6.97. The summed E-state index contributed by atoms with van der Waals surface area (Å²) in [5.41, 5.74) is 3.12. The second-order valence-corrected chi connectivity index (χ2v) is 6.44. The molecule has 0 radical (unpaired) electrons. The minimum absolute atomic E-state index is 0.0353. The summed E-state index contributed by atoms with van der Waals surface area (Å²) < 4.78 is 10.9. The van der Waals surface area contributed by atoms with Crippen molar-refractivity contribution in [2.75, 3.05) is 12.7 Å². The van der Waals surface area contributed by atoms with Crippen LogP contribution in [-0.4, -0.2) is 34.2 Å². The molecule has 0 aromatic heterocycles. The van der Waals surface area contributed by atoms with E-state index in [9.17, 15) is 14.9 Å². The van der Waals surface area contributed by atoms with Crippen LogP contribution < -0.4 is 9.47 Å². The molecular formula is C19H14ClN3O5. The van der Waals surface area contributed by atoms with Crippen molar-refractivity contribution in [3.05, 3.63) is 68.9 Å². The summed E-state index contributed by atoms with van der Waals surface area (Å²) in [6, 6.07) is 9.57. The van der Waals surface area contributed by atoms with E-state index in [-0.39, 0.29) is 24.3 Å². The van der Waals surface area contributed by atoms with E-state index in [2.05, 4.69) is 5.10 Å². The molecule has 2 aliphatic rings. The summed E-state index contributed by atoms with van der Waals surface area (Å²) >= 11 is 5.74. The molecule has 0 spiro atoms. The summed E-state index contributed by atoms with van der Waals surface area (Å²) in [7, 11) is 0. The number of carbonyl (C=O) groups excluding carboxylic acids is 1. The summed E-state index contributed by atoms with van der Waals surface area (Å²) in [6.45, 7) is 1.88. The molecule has 0 N–H and O–H groups in total. The van der Waals surface area contributed by atoms with Gasteiger partial charge in [-0.25, -0.2) is 5.01 Å². The van der Waals surface area contributed by atoms with Crippen molar-refractivity contribution >= 4 is 35.0 Å². The average molecular weight is 400 g/mol. The van der Waals surface area contributed by atoms with E-state index >= 15 is 0 Å². The SMILES string of the molecule is CC1=Cc2cc3c(cc2C(c2ccc([N+](=O)[O-])cc2)=NN1C(=O)CCl)OCO3. The summed E-state index contributed by atoms with van der Waals surface area (Å²) in [5, 5.41) is 16.7. The number of halogens is 1. The van der Waals surface area contributed by atoms with Gasteiger partial charge in [-0.3, -0.25) is 14.9 Å². The molecule has 4 rings (SSSR count). The van der Waals surface area contributed by atoms with Crippen molar-refractivity contribution in [2.24, 2.45) is 5.10 Å². The summed E-state index contributed by atoms with van der Waals surface area (Å²) in [6.07, 6.45) is 1.81. The minimum Gasteiger partial charge on any atom is -0.454 e. The molecule has 2 aromatic carbocycles. The number of nitro groups is 1. The average Bonchev–Trinajstić information content (AvgIpc) is 3.09. The van der Waals surface area contributed by atoms with Crippen LogP contribution in [0.25, 0.3) is 6.08 Å². The van der Waals surface area contributed by atoms with Crippen molar-refractivity contribution in [1.82, 2.24) is 5.01 Å². The lowest BCUT2D eigenvalue weighted by Crippen LogP contribution is -2.26. The number of nitrogens with zero attached hydrogens (tertiary/aromatic N) is 3. The first-order chi connectivity index (χ1) is 13.5. The Hall–Kier alpha value is -3.39. The Morgan fingerprint density at radius 1 is 1.25 bits per heavy atom. The second-order valence-electron chi connectivity index (χ2n) is 6.17. The molecule has 0 saturated carbocycles. The molecule has 0 aliphatic carbocycles. The number of rotatable bonds is 3. The van der Waals surface area contributed by atoms with E-state index < -0.39 is 4.92 Å². The highest BCUT2D eigenvalue weighted by molar-refractivity contribution is 6.27. The molecule has 0 bridgehead atoms. The van der Waals surface area contributed by atoms with Crippen molar-refractivity contribution in [2.45, 2.75) is 6.92 Å². The minimum atomic E-state index is -0.473. The third-order valence-electron chi connectivity index (χ3n) is 4.40. The van der Waals surface area contributed by atoms with E-state index in [4.69, 9.17) is 21.1 Å². The predicted octanol–water partition coefficient (Wildman–Crippen LogP) is 3.52. The van der Waals surface area contributed by atoms with Crippen LogP contribution in [0.15, 0.2) is 47.2 Å². The van der Waals surface area contributed by atoms with Crippen LogP contribution in [0.5, 0.6) is 11.5 Å². The third kappa shape index (κ3) is 3.07. The van der Waals surface area contributed by atoms with Gasteiger partial charge in [0.25, 0.3) is 11.6 Å². The normalized spacial score (nSPS) is 14.7. The lowest BCUT2D eigenvalue weighted by Gasteiger charge is -2.16. The molecule has 0 saturated heterocycles. The maximum absolute atomic E-state index is 12.3. The fourth-order valence-electron chi connectivity index (χ4n) is 3.06. The van der Waals surface area contributed by atoms with E-state index in [1.807, 2.05) is 12.1 Å². The molecule has 2 aromatic rings. The van der Waals surface area contributed by atoms with Gasteiger partial charge in [-0.05, 0) is 42.8 Å². The summed E-state index contributed by atoms with van der Waals surface area (Å²) in [4.78, 5) is 22.8. The van der Waals surface area contributed by atoms with Crippen molar-refractivity contribution in [3.8, 4) is 11.5 Å². The standard InChI is InChI=1S/C19H14ClN3O5/c1-11-6-13-7-16-17(28-10-27-16)8-15(13)19(21-22(11)18(24)9-20)12-2-4-14(5-3-12)23(25)26/h2-8H,9-10H2,1H3. The molecule has 0 unspecified atom stereocenters. The van der Waals surface area contributed by atoms with Crippen molar-refractivity contribution in [1.29, 1.82) is 0 Å². The lowest BCUT2D eigenvalue weighted by atomic mass is 9.96. The van der Waals surface area contributed by atoms with Gasteiger partial charge in [0.1, 0.15) is 5.88 Å². The van der Waals surface area contributed by atoms with Crippen LogP contribution in [0.2, 0.25) is 0 Å². The summed E-state index contributed by atoms with van der Waals surface area (Å²) in [5.74, 6) is 0.545. The predicted molar refractivity (Wildman–Crippen MR) is 103 cm³/mol. The Morgan fingerprint density at radius 3 is 2.57 bits per heavy atom. The molecule has 28 heavy (non-hydrogen) atoms. The van der Waals surface area contributed by atoms with Gasteiger partial charge in [0, 0.05) is 29.0 Å². The van der Waals surface area contributed by atoms with E-state index in [0.717, 1.165) is 5.56 Å². The Balaban J connectivity index is 1.91. The van der Waals surface area contributed by atoms with Crippen molar-refractivity contribution in [3.63, 3.8) is 0 Å². The van der Waals surface area contributed by atoms with Crippen LogP contribution >= 0.6 is 11.6 Å². The smallest absolute Gasteiger partial charge is 0.269 e. The molecule has 1 amide bonds. The maximum atomic E-state index is 12.3. The molecular weight excluding hydrogens is 386 g/mol. The zero-order valence-corrected chi connectivity index (χ0v) is 15.5. The quantitative estimate of drug-likeness (QED) is 0.447. The number of nitro benzene ring substituents is 1. The number of ether oxygens (including phenoxy) is 2. The van der Waals surface area contributed by atoms with Crippen LogP contribution in [0.3, 0.4) is 0 Å². The largest absolute Gasteiger partial charge is 0.454 e. The number of carbonyl (C=O) groups is 1. The zero-order valence-electron chi connectivity index (χ0n) is 14.7. The fraction of sp³-hybridized carbons (Fsp3) is 0.158. The Morgan fingerprint density at radius 2 is 1.93 bits per heavy atom. The maximum Gasteiger partial charge on any atom is 0.269 e. The van der Waals surface area contributed by atoms with Crippen LogP contribution in [0.1, 0.15) is 23.6 Å². The molecule has 2 aliphatic heterocycles. The number of benzene rings is 2. The van der Waals surface area contributed by atoms with Gasteiger partial charge in [-0.2, -0.15) is 5.10 Å². The topological polar surface area (TPSA) is 94.3 Å². The van der Waals surface area contributed by atoms with E-state index in [1.165, 1.54) is 17.1 Å². The van der Waals surface area contributed by atoms with Gasteiger partial charge in [0.15, 0.2) is 11.5 Å². The van der Waals surface area contributed by atoms with E-state index in [0.29, 0.717) is 34.0 Å². The number of hydrazone groups is 1.